The minimum atomic E-state index is -0.318. The van der Waals surface area contributed by atoms with Gasteiger partial charge in [0.05, 0.1) is 11.8 Å². The normalized spacial score (nSPS) is 10.5. The van der Waals surface area contributed by atoms with E-state index in [2.05, 4.69) is 9.59 Å². The first-order valence-electron chi connectivity index (χ1n) is 4.17. The smallest absolute Gasteiger partial charge is 0.352 e. The molecule has 0 spiro atoms. The summed E-state index contributed by atoms with van der Waals surface area (Å²) >= 11 is 1.09. The van der Waals surface area contributed by atoms with Crippen LogP contribution in [0.4, 0.5) is 0 Å². The van der Waals surface area contributed by atoms with Gasteiger partial charge in [-0.05, 0) is 31.8 Å². The predicted octanol–water partition coefficient (Wildman–Crippen LogP) is 1.67. The molecule has 0 fully saturated rings. The van der Waals surface area contributed by atoms with Gasteiger partial charge in [0.1, 0.15) is 0 Å². The number of ether oxygens (including phenoxy) is 1. The van der Waals surface area contributed by atoms with Gasteiger partial charge in [-0.15, -0.1) is 5.10 Å². The summed E-state index contributed by atoms with van der Waals surface area (Å²) in [5, 5.41) is 3.83. The van der Waals surface area contributed by atoms with E-state index in [1.165, 1.54) is 0 Å². The average Bonchev–Trinajstić information content (AvgIpc) is 2.49. The summed E-state index contributed by atoms with van der Waals surface area (Å²) in [6.07, 6.45) is 0.610. The lowest BCUT2D eigenvalue weighted by Crippen LogP contribution is -2.11. The molecule has 4 nitrogen and oxygen atoms in total. The Kier molecular flexibility index (Phi) is 3.36. The summed E-state index contributed by atoms with van der Waals surface area (Å²) < 4.78 is 8.74. The van der Waals surface area contributed by atoms with Crippen LogP contribution in [-0.4, -0.2) is 21.7 Å². The predicted molar refractivity (Wildman–Crippen MR) is 49.8 cm³/mol. The topological polar surface area (TPSA) is 52.1 Å². The number of carbonyl (C=O) groups excluding carboxylic acids is 1. The Morgan fingerprint density at radius 2 is 2.31 bits per heavy atom. The van der Waals surface area contributed by atoms with Gasteiger partial charge >= 0.3 is 5.97 Å². The number of nitrogens with zero attached hydrogens (tertiary/aromatic N) is 2. The van der Waals surface area contributed by atoms with Crippen LogP contribution in [0.15, 0.2) is 0 Å². The third-order valence-corrected chi connectivity index (χ3v) is 2.17. The fraction of sp³-hybridized carbons (Fsp3) is 0.625. The largest absolute Gasteiger partial charge is 0.459 e. The van der Waals surface area contributed by atoms with Crippen molar-refractivity contribution < 1.29 is 9.53 Å². The Balaban J connectivity index is 2.76. The molecule has 72 valence electrons. The standard InChI is InChI=1S/C8H12N2O2S/c1-4-6-7(13-10-9-6)8(11)12-5(2)3/h5H,4H2,1-3H3. The summed E-state index contributed by atoms with van der Waals surface area (Å²) in [4.78, 5) is 11.9. The van der Waals surface area contributed by atoms with Crippen LogP contribution < -0.4 is 0 Å². The minimum Gasteiger partial charge on any atom is -0.459 e. The fourth-order valence-corrected chi connectivity index (χ4v) is 1.50. The van der Waals surface area contributed by atoms with Crippen LogP contribution in [0, 0.1) is 0 Å². The Morgan fingerprint density at radius 3 is 2.85 bits per heavy atom. The number of aryl methyl sites for hydroxylation is 1. The van der Waals surface area contributed by atoms with E-state index >= 15 is 0 Å². The molecule has 13 heavy (non-hydrogen) atoms. The van der Waals surface area contributed by atoms with Gasteiger partial charge in [-0.2, -0.15) is 0 Å². The molecule has 0 amide bonds. The van der Waals surface area contributed by atoms with Gasteiger partial charge in [-0.25, -0.2) is 4.79 Å². The van der Waals surface area contributed by atoms with Crippen LogP contribution in [-0.2, 0) is 11.2 Å². The molecular weight excluding hydrogens is 188 g/mol. The third kappa shape index (κ3) is 2.48. The Morgan fingerprint density at radius 1 is 1.62 bits per heavy atom. The highest BCUT2D eigenvalue weighted by Crippen LogP contribution is 2.13. The lowest BCUT2D eigenvalue weighted by molar-refractivity contribution is 0.0382. The molecule has 0 atom stereocenters. The zero-order valence-corrected chi connectivity index (χ0v) is 8.72. The molecule has 1 aromatic heterocycles. The quantitative estimate of drug-likeness (QED) is 0.696. The monoisotopic (exact) mass is 200 g/mol. The maximum atomic E-state index is 11.4. The van der Waals surface area contributed by atoms with Gasteiger partial charge in [0, 0.05) is 0 Å². The Bertz CT molecular complexity index is 296. The molecule has 0 saturated heterocycles. The number of aromatic nitrogens is 2. The highest BCUT2D eigenvalue weighted by Gasteiger charge is 2.17. The zero-order valence-electron chi connectivity index (χ0n) is 7.90. The van der Waals surface area contributed by atoms with Gasteiger partial charge in [0.2, 0.25) is 0 Å². The van der Waals surface area contributed by atoms with Gasteiger partial charge in [-0.1, -0.05) is 11.4 Å². The van der Waals surface area contributed by atoms with Gasteiger partial charge < -0.3 is 4.74 Å². The first kappa shape index (κ1) is 10.1. The zero-order chi connectivity index (χ0) is 9.84. The molecule has 1 rings (SSSR count). The number of hydrogen-bond acceptors (Lipinski definition) is 5. The van der Waals surface area contributed by atoms with Crippen molar-refractivity contribution in [2.75, 3.05) is 0 Å². The van der Waals surface area contributed by atoms with E-state index in [9.17, 15) is 4.79 Å². The van der Waals surface area contributed by atoms with E-state index in [4.69, 9.17) is 4.74 Å². The summed E-state index contributed by atoms with van der Waals surface area (Å²) in [6.45, 7) is 5.57. The summed E-state index contributed by atoms with van der Waals surface area (Å²) in [5.74, 6) is -0.318. The lowest BCUT2D eigenvalue weighted by Gasteiger charge is -2.05. The molecule has 0 unspecified atom stereocenters. The van der Waals surface area contributed by atoms with Crippen LogP contribution in [0.2, 0.25) is 0 Å². The van der Waals surface area contributed by atoms with E-state index in [1.54, 1.807) is 0 Å². The van der Waals surface area contributed by atoms with Crippen molar-refractivity contribution in [3.05, 3.63) is 10.6 Å². The second-order valence-electron chi connectivity index (χ2n) is 2.86. The second-order valence-corrected chi connectivity index (χ2v) is 3.61. The number of esters is 1. The van der Waals surface area contributed by atoms with Crippen molar-refractivity contribution >= 4 is 17.5 Å². The molecule has 0 N–H and O–H groups in total. The molecule has 5 heteroatoms. The fourth-order valence-electron chi connectivity index (χ4n) is 0.863. The molecule has 1 heterocycles. The number of hydrogen-bond donors (Lipinski definition) is 0. The van der Waals surface area contributed by atoms with E-state index in [0.717, 1.165) is 17.2 Å². The maximum absolute atomic E-state index is 11.4. The van der Waals surface area contributed by atoms with E-state index < -0.39 is 0 Å². The van der Waals surface area contributed by atoms with Gasteiger partial charge in [0.25, 0.3) is 0 Å². The van der Waals surface area contributed by atoms with Crippen molar-refractivity contribution in [2.24, 2.45) is 0 Å². The van der Waals surface area contributed by atoms with Crippen molar-refractivity contribution in [3.8, 4) is 0 Å². The molecule has 0 aliphatic heterocycles. The van der Waals surface area contributed by atoms with Crippen LogP contribution in [0.5, 0.6) is 0 Å². The molecule has 0 saturated carbocycles. The van der Waals surface area contributed by atoms with Crippen molar-refractivity contribution in [1.82, 2.24) is 9.59 Å². The van der Waals surface area contributed by atoms with Gasteiger partial charge in [-0.3, -0.25) is 0 Å². The third-order valence-electron chi connectivity index (χ3n) is 1.42. The average molecular weight is 200 g/mol. The molecule has 1 aromatic rings. The summed E-state index contributed by atoms with van der Waals surface area (Å²) in [6, 6.07) is 0. The van der Waals surface area contributed by atoms with E-state index in [1.807, 2.05) is 20.8 Å². The van der Waals surface area contributed by atoms with Crippen molar-refractivity contribution in [3.63, 3.8) is 0 Å². The van der Waals surface area contributed by atoms with Crippen LogP contribution >= 0.6 is 11.5 Å². The van der Waals surface area contributed by atoms with Crippen LogP contribution in [0.3, 0.4) is 0 Å². The Labute approximate surface area is 81.1 Å². The first-order chi connectivity index (χ1) is 6.15. The molecule has 0 aromatic carbocycles. The van der Waals surface area contributed by atoms with E-state index in [-0.39, 0.29) is 12.1 Å². The SMILES string of the molecule is CCc1nnsc1C(=O)OC(C)C. The molecule has 0 aliphatic carbocycles. The molecule has 0 aliphatic rings. The summed E-state index contributed by atoms with van der Waals surface area (Å²) in [7, 11) is 0. The van der Waals surface area contributed by atoms with Crippen LogP contribution in [0.1, 0.15) is 36.1 Å². The summed E-state index contributed by atoms with van der Waals surface area (Å²) in [5.41, 5.74) is 0.718. The molecular formula is C8H12N2O2S. The molecule has 0 bridgehead atoms. The maximum Gasteiger partial charge on any atom is 0.352 e. The first-order valence-corrected chi connectivity index (χ1v) is 4.94. The second kappa shape index (κ2) is 4.32. The van der Waals surface area contributed by atoms with Crippen molar-refractivity contribution in [1.29, 1.82) is 0 Å². The Hall–Kier alpha value is -0.970. The van der Waals surface area contributed by atoms with Gasteiger partial charge in [0.15, 0.2) is 4.88 Å². The number of rotatable bonds is 3. The van der Waals surface area contributed by atoms with Crippen molar-refractivity contribution in [2.45, 2.75) is 33.3 Å². The molecule has 0 radical (unpaired) electrons. The minimum absolute atomic E-state index is 0.0979. The highest BCUT2D eigenvalue weighted by molar-refractivity contribution is 7.07. The number of carbonyl (C=O) groups is 1. The van der Waals surface area contributed by atoms with E-state index in [0.29, 0.717) is 11.3 Å². The lowest BCUT2D eigenvalue weighted by atomic mass is 10.3. The van der Waals surface area contributed by atoms with Crippen LogP contribution in [0.25, 0.3) is 0 Å². The highest BCUT2D eigenvalue weighted by atomic mass is 32.1.